The second-order valence-corrected chi connectivity index (χ2v) is 11.9. The third kappa shape index (κ3) is 3.57. The number of carbonyl (C=O) groups is 2. The molecule has 37 heavy (non-hydrogen) atoms. The highest BCUT2D eigenvalue weighted by Crippen LogP contribution is 2.63. The molecule has 4 N–H and O–H groups in total. The summed E-state index contributed by atoms with van der Waals surface area (Å²) in [6, 6.07) is 3.26. The Kier molecular flexibility index (Phi) is 5.55. The van der Waals surface area contributed by atoms with Gasteiger partial charge in [-0.2, -0.15) is 0 Å². The normalized spacial score (nSPS) is 35.0. The van der Waals surface area contributed by atoms with Crippen LogP contribution in [0.25, 0.3) is 0 Å². The number of aliphatic hydroxyl groups is 2. The van der Waals surface area contributed by atoms with Crippen LogP contribution < -0.4 is 10.1 Å². The minimum atomic E-state index is -1.25. The van der Waals surface area contributed by atoms with E-state index < -0.39 is 17.1 Å². The first-order valence-electron chi connectivity index (χ1n) is 13.5. The van der Waals surface area contributed by atoms with Crippen LogP contribution in [0.3, 0.4) is 0 Å². The van der Waals surface area contributed by atoms with Crippen molar-refractivity contribution in [3.63, 3.8) is 0 Å². The van der Waals surface area contributed by atoms with Gasteiger partial charge in [-0.1, -0.05) is 6.07 Å². The maximum Gasteiger partial charge on any atom is 0.253 e. The highest BCUT2D eigenvalue weighted by molar-refractivity contribution is 5.94. The number of aromatic hydroxyl groups is 1. The number of hydrogen-bond acceptors (Lipinski definition) is 7. The molecule has 1 saturated carbocycles. The summed E-state index contributed by atoms with van der Waals surface area (Å²) in [6.45, 7) is 7.43. The molecule has 0 aromatic heterocycles. The van der Waals surface area contributed by atoms with Gasteiger partial charge in [-0.05, 0) is 70.0 Å². The molecule has 1 spiro atoms. The number of benzene rings is 1. The van der Waals surface area contributed by atoms with E-state index in [4.69, 9.17) is 4.74 Å². The maximum atomic E-state index is 13.4. The number of amides is 2. The van der Waals surface area contributed by atoms with Crippen LogP contribution in [0.1, 0.15) is 57.6 Å². The van der Waals surface area contributed by atoms with E-state index >= 15 is 0 Å². The predicted molar refractivity (Wildman–Crippen MR) is 135 cm³/mol. The number of nitrogens with one attached hydrogen (secondary N) is 1. The SMILES string of the molecule is CC(=O)N[C@H]1CCN(C(=O)/C(C)=C(\O)[C@@H]2Oc3c(O)ccc4c3[C@@]23CCN(CC2CC2)[C@H](C4)[C@@]3(C)O)C1. The summed E-state index contributed by atoms with van der Waals surface area (Å²) in [6.07, 6.45) is 3.28. The molecule has 9 heteroatoms. The van der Waals surface area contributed by atoms with E-state index in [1.54, 1.807) is 17.9 Å². The third-order valence-electron chi connectivity index (χ3n) is 9.58. The Morgan fingerprint density at radius 2 is 1.95 bits per heavy atom. The van der Waals surface area contributed by atoms with Crippen LogP contribution in [-0.4, -0.2) is 86.9 Å². The molecule has 3 fully saturated rings. The Labute approximate surface area is 217 Å². The summed E-state index contributed by atoms with van der Waals surface area (Å²) >= 11 is 0. The van der Waals surface area contributed by atoms with Gasteiger partial charge in [0.1, 0.15) is 5.76 Å². The van der Waals surface area contributed by atoms with Crippen molar-refractivity contribution in [2.24, 2.45) is 5.92 Å². The van der Waals surface area contributed by atoms with Crippen molar-refractivity contribution < 1.29 is 29.6 Å². The number of aliphatic hydroxyl groups excluding tert-OH is 1. The van der Waals surface area contributed by atoms with Gasteiger partial charge < -0.3 is 30.3 Å². The molecule has 3 heterocycles. The molecule has 6 rings (SSSR count). The molecule has 200 valence electrons. The first-order valence-corrected chi connectivity index (χ1v) is 13.5. The monoisotopic (exact) mass is 511 g/mol. The van der Waals surface area contributed by atoms with Crippen LogP contribution in [0.4, 0.5) is 0 Å². The smallest absolute Gasteiger partial charge is 0.253 e. The molecule has 1 aromatic rings. The summed E-state index contributed by atoms with van der Waals surface area (Å²) in [4.78, 5) is 28.9. The minimum absolute atomic E-state index is 0.0234. The van der Waals surface area contributed by atoms with Crippen molar-refractivity contribution in [2.45, 2.75) is 82.1 Å². The Balaban J connectivity index is 1.37. The molecule has 0 radical (unpaired) electrons. The van der Waals surface area contributed by atoms with Crippen molar-refractivity contribution in [3.8, 4) is 11.5 Å². The molecule has 2 bridgehead atoms. The molecule has 2 saturated heterocycles. The van der Waals surface area contributed by atoms with Gasteiger partial charge in [0, 0.05) is 44.2 Å². The number of likely N-dealkylation sites (tertiary alicyclic amines) is 2. The number of nitrogens with zero attached hydrogens (tertiary/aromatic N) is 2. The molecular weight excluding hydrogens is 474 g/mol. The second-order valence-electron chi connectivity index (χ2n) is 11.9. The van der Waals surface area contributed by atoms with Crippen LogP contribution >= 0.6 is 0 Å². The van der Waals surface area contributed by atoms with Gasteiger partial charge in [0.2, 0.25) is 5.91 Å². The number of rotatable bonds is 5. The average Bonchev–Trinajstić information content (AvgIpc) is 3.41. The molecule has 5 atom stereocenters. The topological polar surface area (TPSA) is 123 Å². The molecule has 9 nitrogen and oxygen atoms in total. The van der Waals surface area contributed by atoms with E-state index in [0.717, 1.165) is 24.2 Å². The van der Waals surface area contributed by atoms with Gasteiger partial charge in [0.15, 0.2) is 17.6 Å². The zero-order valence-corrected chi connectivity index (χ0v) is 21.8. The van der Waals surface area contributed by atoms with Gasteiger partial charge >= 0.3 is 0 Å². The van der Waals surface area contributed by atoms with E-state index in [1.165, 1.54) is 19.8 Å². The van der Waals surface area contributed by atoms with Crippen LogP contribution in [0.2, 0.25) is 0 Å². The quantitative estimate of drug-likeness (QED) is 0.351. The largest absolute Gasteiger partial charge is 0.508 e. The highest BCUT2D eigenvalue weighted by atomic mass is 16.5. The van der Waals surface area contributed by atoms with E-state index in [-0.39, 0.29) is 41.0 Å². The van der Waals surface area contributed by atoms with Gasteiger partial charge in [-0.25, -0.2) is 0 Å². The van der Waals surface area contributed by atoms with Crippen LogP contribution in [0.15, 0.2) is 23.5 Å². The Morgan fingerprint density at radius 1 is 1.19 bits per heavy atom. The maximum absolute atomic E-state index is 13.4. The molecule has 2 amide bonds. The number of piperidine rings is 1. The molecule has 3 aliphatic heterocycles. The van der Waals surface area contributed by atoms with Gasteiger partial charge in [-0.15, -0.1) is 0 Å². The second kappa shape index (κ2) is 8.36. The molecule has 5 aliphatic rings. The van der Waals surface area contributed by atoms with Crippen molar-refractivity contribution in [2.75, 3.05) is 26.2 Å². The van der Waals surface area contributed by atoms with Crippen LogP contribution in [-0.2, 0) is 21.4 Å². The number of hydrogen-bond donors (Lipinski definition) is 4. The van der Waals surface area contributed by atoms with E-state index in [2.05, 4.69) is 10.2 Å². The average molecular weight is 512 g/mol. The van der Waals surface area contributed by atoms with Crippen molar-refractivity contribution in [1.82, 2.24) is 15.1 Å². The summed E-state index contributed by atoms with van der Waals surface area (Å²) in [5, 5.41) is 37.5. The lowest BCUT2D eigenvalue weighted by atomic mass is 9.53. The number of fused-ring (bicyclic) bond motifs is 1. The first-order chi connectivity index (χ1) is 17.5. The summed E-state index contributed by atoms with van der Waals surface area (Å²) in [5.74, 6) is 0.297. The van der Waals surface area contributed by atoms with E-state index in [9.17, 15) is 24.9 Å². The summed E-state index contributed by atoms with van der Waals surface area (Å²) in [5.41, 5.74) is -0.298. The zero-order valence-electron chi connectivity index (χ0n) is 21.8. The molecular formula is C28H37N3O6. The van der Waals surface area contributed by atoms with Gasteiger partial charge in [0.05, 0.1) is 16.6 Å². The zero-order chi connectivity index (χ0) is 26.3. The lowest BCUT2D eigenvalue weighted by Gasteiger charge is -2.59. The van der Waals surface area contributed by atoms with E-state index in [0.29, 0.717) is 44.0 Å². The number of phenolic OH excluding ortho intramolecular Hbond substituents is 1. The number of ether oxygens (including phenoxy) is 1. The third-order valence-corrected chi connectivity index (χ3v) is 9.58. The fraction of sp³-hybridized carbons (Fsp3) is 0.643. The standard InChI is InChI=1S/C28H37N3O6/c1-15(26(35)31-10-8-19(14-31)29-16(2)32)23(34)25-28-9-11-30(13-17-4-5-17)21(27(28,3)36)12-18-6-7-20(33)24(37-25)22(18)28/h6-7,17,19,21,25,33-34,36H,4-5,8-14H2,1-3H3,(H,29,32)/b23-15-/t19-,21+,25-,27+,28-/m0/s1. The minimum Gasteiger partial charge on any atom is -0.508 e. The fourth-order valence-corrected chi connectivity index (χ4v) is 7.47. The van der Waals surface area contributed by atoms with Crippen LogP contribution in [0, 0.1) is 5.92 Å². The number of phenols is 1. The summed E-state index contributed by atoms with van der Waals surface area (Å²) < 4.78 is 6.31. The van der Waals surface area contributed by atoms with Gasteiger partial charge in [-0.3, -0.25) is 14.5 Å². The number of carbonyl (C=O) groups excluding carboxylic acids is 2. The van der Waals surface area contributed by atoms with Gasteiger partial charge in [0.25, 0.3) is 5.91 Å². The van der Waals surface area contributed by atoms with Crippen LogP contribution in [0.5, 0.6) is 11.5 Å². The van der Waals surface area contributed by atoms with Crippen molar-refractivity contribution in [3.05, 3.63) is 34.6 Å². The Morgan fingerprint density at radius 3 is 2.65 bits per heavy atom. The summed E-state index contributed by atoms with van der Waals surface area (Å²) in [7, 11) is 0. The Hall–Kier alpha value is -2.78. The lowest BCUT2D eigenvalue weighted by Crippen LogP contribution is -2.73. The Bertz CT molecular complexity index is 1190. The van der Waals surface area contributed by atoms with Crippen molar-refractivity contribution >= 4 is 11.8 Å². The van der Waals surface area contributed by atoms with E-state index in [1.807, 2.05) is 13.0 Å². The molecule has 2 aliphatic carbocycles. The first kappa shape index (κ1) is 24.6. The highest BCUT2D eigenvalue weighted by Gasteiger charge is 2.69. The lowest BCUT2D eigenvalue weighted by molar-refractivity contribution is -0.153. The molecule has 0 unspecified atom stereocenters. The van der Waals surface area contributed by atoms with Crippen molar-refractivity contribution in [1.29, 1.82) is 0 Å². The predicted octanol–water partition coefficient (Wildman–Crippen LogP) is 1.75. The fourth-order valence-electron chi connectivity index (χ4n) is 7.47. The molecule has 1 aromatic carbocycles.